The van der Waals surface area contributed by atoms with Gasteiger partial charge in [0.25, 0.3) is 47.4 Å². The molecular formula is C80H38N4O18. The number of amides is 4. The van der Waals surface area contributed by atoms with E-state index in [1.807, 2.05) is 48.5 Å². The summed E-state index contributed by atoms with van der Waals surface area (Å²) in [5, 5.41) is 48.6. The third kappa shape index (κ3) is 8.52. The molecule has 22 heteroatoms. The molecule has 102 heavy (non-hydrogen) atoms. The second-order valence-corrected chi connectivity index (χ2v) is 24.7. The lowest BCUT2D eigenvalue weighted by atomic mass is 9.94. The summed E-state index contributed by atoms with van der Waals surface area (Å²) in [5.41, 5.74) is 7.59. The maximum Gasteiger partial charge on any atom is 0.345 e. The number of fused-ring (bicyclic) bond motifs is 12. The summed E-state index contributed by atoms with van der Waals surface area (Å²) in [5.74, 6) is -4.82. The van der Waals surface area contributed by atoms with E-state index in [2.05, 4.69) is 20.0 Å². The Hall–Kier alpha value is -14.5. The standard InChI is InChI=1S/2C27H13NO6.C26H12N2O6/c2*29-18-9-12-5-1-2-6-13(12)21(18)23-15-10-20-16(11-19(15)33-26(23)31)24(27(32)34-20)22-14-7-3-4-8-17(14)28-25(22)30;29-23-19(11-5-1-3-7-15(11)27-23)21-13-9-18-14(10-17(13)33-25(21)31)22(26(32)34-18)20-12-6-2-4-8-16(12)28-24(20)30/h2*1-8,10-11,32H,9H2;1-10,31-32H/b2*23-21+;. The molecule has 0 spiro atoms. The highest BCUT2D eigenvalue weighted by molar-refractivity contribution is 6.44. The Morgan fingerprint density at radius 1 is 0.284 bits per heavy atom. The molecule has 8 aliphatic rings. The predicted molar refractivity (Wildman–Crippen MR) is 359 cm³/mol. The van der Waals surface area contributed by atoms with Crippen molar-refractivity contribution in [3.8, 4) is 35.3 Å². The number of para-hydroxylation sites is 4. The van der Waals surface area contributed by atoms with Gasteiger partial charge in [-0.15, -0.1) is 0 Å². The highest BCUT2D eigenvalue weighted by atomic mass is 16.5. The zero-order valence-corrected chi connectivity index (χ0v) is 52.0. The van der Waals surface area contributed by atoms with Crippen LogP contribution in [0.5, 0.6) is 35.3 Å². The van der Waals surface area contributed by atoms with Gasteiger partial charge in [0.2, 0.25) is 0 Å². The Bertz CT molecular complexity index is 6570. The van der Waals surface area contributed by atoms with Crippen molar-refractivity contribution in [2.75, 3.05) is 0 Å². The van der Waals surface area contributed by atoms with Crippen molar-refractivity contribution in [3.05, 3.63) is 280 Å². The summed E-state index contributed by atoms with van der Waals surface area (Å²) >= 11 is 0. The first-order valence-electron chi connectivity index (χ1n) is 31.6. The number of aromatic hydroxyl groups is 4. The zero-order valence-electron chi connectivity index (χ0n) is 52.0. The third-order valence-corrected chi connectivity index (χ3v) is 19.1. The van der Waals surface area contributed by atoms with Gasteiger partial charge in [0.1, 0.15) is 33.8 Å². The average Bonchev–Trinajstić information content (AvgIpc) is 1.58. The number of esters is 2. The van der Waals surface area contributed by atoms with Crippen LogP contribution in [0.4, 0.5) is 0 Å². The lowest BCUT2D eigenvalue weighted by molar-refractivity contribution is -0.127. The molecule has 4 aromatic heterocycles. The van der Waals surface area contributed by atoms with E-state index in [1.54, 1.807) is 133 Å². The van der Waals surface area contributed by atoms with E-state index in [4.69, 9.17) is 27.1 Å². The minimum Gasteiger partial charge on any atom is -0.480 e. The van der Waals surface area contributed by atoms with Crippen molar-refractivity contribution in [2.45, 2.75) is 12.8 Å². The first kappa shape index (κ1) is 58.8. The third-order valence-electron chi connectivity index (χ3n) is 19.1. The maximum absolute atomic E-state index is 12.9. The van der Waals surface area contributed by atoms with E-state index >= 15 is 0 Å². The lowest BCUT2D eigenvalue weighted by Crippen LogP contribution is -2.22. The molecule has 2 aliphatic carbocycles. The van der Waals surface area contributed by atoms with Gasteiger partial charge in [0.05, 0.1) is 77.1 Å². The summed E-state index contributed by atoms with van der Waals surface area (Å²) in [6.45, 7) is 0. The number of ether oxygens (including phenoxy) is 2. The van der Waals surface area contributed by atoms with Crippen molar-refractivity contribution in [1.29, 1.82) is 0 Å². The van der Waals surface area contributed by atoms with Crippen LogP contribution in [0.25, 0.3) is 88.5 Å². The molecule has 0 bridgehead atoms. The topological polar surface area (TPSA) is 338 Å². The normalized spacial score (nSPS) is 17.0. The molecule has 0 saturated heterocycles. The van der Waals surface area contributed by atoms with E-state index in [0.717, 1.165) is 11.1 Å². The van der Waals surface area contributed by atoms with Gasteiger partial charge in [-0.25, -0.2) is 29.6 Å². The summed E-state index contributed by atoms with van der Waals surface area (Å²) in [6.07, 6.45) is 0.434. The number of carbonyl (C=O) groups is 8. The highest BCUT2D eigenvalue weighted by Gasteiger charge is 2.41. The van der Waals surface area contributed by atoms with Gasteiger partial charge in [-0.1, -0.05) is 121 Å². The molecule has 21 rings (SSSR count). The fraction of sp³-hybridized carbons (Fsp3) is 0.0250. The highest BCUT2D eigenvalue weighted by Crippen LogP contribution is 2.50. The van der Waals surface area contributed by atoms with Crippen LogP contribution >= 0.6 is 0 Å². The Morgan fingerprint density at radius 2 is 0.559 bits per heavy atom. The Kier molecular flexibility index (Phi) is 12.4. The average molecular weight is 1340 g/mol. The number of benzene rings is 9. The predicted octanol–water partition coefficient (Wildman–Crippen LogP) is 6.21. The first-order chi connectivity index (χ1) is 49.5. The van der Waals surface area contributed by atoms with Crippen molar-refractivity contribution in [2.24, 2.45) is 20.0 Å². The number of rotatable bonds is 4. The SMILES string of the molecule is O=C1N=c2ccccc2=C1c1c(O)oc2cc3c(C4=c5ccccc5=NC4=O)c(O)oc3cc12.O=C1N=c2ccccc2=C1c1c(O)oc2cc3c(cc12)OC(=O)/C3=C1/C(=O)Cc2ccccc21.O=C1N=c2ccccc2=C1c1c(O)oc2cc3c(cc12)OC(=O)/C3=C1/C(=O)Cc2ccccc21. The number of ketones is 2. The van der Waals surface area contributed by atoms with Gasteiger partial charge in [-0.3, -0.25) is 28.8 Å². The number of furan rings is 4. The van der Waals surface area contributed by atoms with E-state index in [-0.39, 0.29) is 114 Å². The van der Waals surface area contributed by atoms with Gasteiger partial charge in [0, 0.05) is 77.5 Å². The summed E-state index contributed by atoms with van der Waals surface area (Å²) in [6, 6.07) is 52.1. The number of hydrogen-bond acceptors (Lipinski definition) is 18. The minimum absolute atomic E-state index is 0.158. The van der Waals surface area contributed by atoms with Crippen LogP contribution in [0.1, 0.15) is 55.6 Å². The van der Waals surface area contributed by atoms with Crippen LogP contribution in [0, 0.1) is 0 Å². The molecule has 4 N–H and O–H groups in total. The van der Waals surface area contributed by atoms with E-state index < -0.39 is 59.4 Å². The molecule has 486 valence electrons. The molecule has 0 saturated carbocycles. The monoisotopic (exact) mass is 1340 g/mol. The minimum atomic E-state index is -0.626. The maximum atomic E-state index is 12.9. The molecular weight excluding hydrogens is 1300 g/mol. The molecule has 0 unspecified atom stereocenters. The number of nitrogens with zero attached hydrogens (tertiary/aromatic N) is 4. The first-order valence-corrected chi connectivity index (χ1v) is 31.6. The molecule has 9 aromatic carbocycles. The van der Waals surface area contributed by atoms with Gasteiger partial charge in [-0.05, 0) is 82.9 Å². The Labute approximate surface area is 566 Å². The van der Waals surface area contributed by atoms with Crippen molar-refractivity contribution < 1.29 is 85.9 Å². The molecule has 4 amide bonds. The van der Waals surface area contributed by atoms with E-state index in [1.165, 1.54) is 0 Å². The van der Waals surface area contributed by atoms with Crippen molar-refractivity contribution in [1.82, 2.24) is 0 Å². The van der Waals surface area contributed by atoms with Gasteiger partial charge in [-0.2, -0.15) is 0 Å². The number of hydrogen-bond donors (Lipinski definition) is 4. The van der Waals surface area contributed by atoms with Crippen LogP contribution in [0.2, 0.25) is 0 Å². The van der Waals surface area contributed by atoms with Gasteiger partial charge < -0.3 is 47.6 Å². The molecule has 0 radical (unpaired) electrons. The summed E-state index contributed by atoms with van der Waals surface area (Å²) in [7, 11) is 0. The fourth-order valence-electron chi connectivity index (χ4n) is 14.8. The van der Waals surface area contributed by atoms with Crippen molar-refractivity contribution in [3.63, 3.8) is 0 Å². The van der Waals surface area contributed by atoms with Gasteiger partial charge in [0.15, 0.2) is 11.6 Å². The second kappa shape index (κ2) is 21.5. The number of allylic oxidation sites excluding steroid dienone is 2. The van der Waals surface area contributed by atoms with E-state index in [0.29, 0.717) is 97.2 Å². The summed E-state index contributed by atoms with van der Waals surface area (Å²) in [4.78, 5) is 119. The fourth-order valence-corrected chi connectivity index (χ4v) is 14.8. The quantitative estimate of drug-likeness (QED) is 0.0864. The van der Waals surface area contributed by atoms with Gasteiger partial charge >= 0.3 is 11.9 Å². The molecule has 22 nitrogen and oxygen atoms in total. The largest absolute Gasteiger partial charge is 0.480 e. The summed E-state index contributed by atoms with van der Waals surface area (Å²) < 4.78 is 33.5. The second-order valence-electron chi connectivity index (χ2n) is 24.7. The molecule has 13 aromatic rings. The smallest absolute Gasteiger partial charge is 0.345 e. The number of carbonyl (C=O) groups excluding carboxylic acids is 8. The van der Waals surface area contributed by atoms with Crippen LogP contribution in [-0.2, 0) is 51.2 Å². The van der Waals surface area contributed by atoms with Crippen LogP contribution in [-0.4, -0.2) is 67.6 Å². The molecule has 10 heterocycles. The Balaban J connectivity index is 0.000000106. The molecule has 0 atom stereocenters. The van der Waals surface area contributed by atoms with Crippen molar-refractivity contribution >= 4 is 136 Å². The van der Waals surface area contributed by atoms with Crippen LogP contribution in [0.15, 0.2) is 220 Å². The molecule has 6 aliphatic heterocycles. The molecule has 0 fully saturated rings. The van der Waals surface area contributed by atoms with E-state index in [9.17, 15) is 58.8 Å². The van der Waals surface area contributed by atoms with Crippen LogP contribution < -0.4 is 51.8 Å². The lowest BCUT2D eigenvalue weighted by Gasteiger charge is -2.03. The zero-order chi connectivity index (χ0) is 69.4. The Morgan fingerprint density at radius 3 is 0.882 bits per heavy atom. The number of Topliss-reactive ketones (excluding diaryl/α,β-unsaturated/α-hetero) is 2. The van der Waals surface area contributed by atoms with Crippen LogP contribution in [0.3, 0.4) is 0 Å².